The average molecular weight is 394 g/mol. The summed E-state index contributed by atoms with van der Waals surface area (Å²) in [6.45, 7) is 5.37. The largest absolute Gasteiger partial charge is 0.342 e. The van der Waals surface area contributed by atoms with E-state index < -0.39 is 10.0 Å². The van der Waals surface area contributed by atoms with Crippen molar-refractivity contribution in [2.75, 3.05) is 39.8 Å². The Kier molecular flexibility index (Phi) is 6.55. The maximum absolute atomic E-state index is 12.9. The Bertz CT molecular complexity index is 738. The van der Waals surface area contributed by atoms with E-state index in [4.69, 9.17) is 0 Å². The van der Waals surface area contributed by atoms with Gasteiger partial charge in [-0.15, -0.1) is 0 Å². The van der Waals surface area contributed by atoms with Crippen molar-refractivity contribution in [3.8, 4) is 0 Å². The van der Waals surface area contributed by atoms with Gasteiger partial charge in [0.2, 0.25) is 15.9 Å². The molecule has 0 aliphatic carbocycles. The van der Waals surface area contributed by atoms with Crippen molar-refractivity contribution in [1.82, 2.24) is 14.5 Å². The molecule has 1 atom stereocenters. The molecule has 3 rings (SSSR count). The number of sulfonamides is 1. The van der Waals surface area contributed by atoms with Crippen molar-refractivity contribution >= 4 is 15.9 Å². The van der Waals surface area contributed by atoms with Gasteiger partial charge in [-0.3, -0.25) is 4.79 Å². The summed E-state index contributed by atoms with van der Waals surface area (Å²) in [7, 11) is -1.52. The molecule has 0 bridgehead atoms. The lowest BCUT2D eigenvalue weighted by Gasteiger charge is -2.37. The molecule has 7 heteroatoms. The first kappa shape index (κ1) is 20.3. The van der Waals surface area contributed by atoms with Gasteiger partial charge in [-0.05, 0) is 64.3 Å². The lowest BCUT2D eigenvalue weighted by molar-refractivity contribution is -0.138. The van der Waals surface area contributed by atoms with E-state index in [1.165, 1.54) is 4.31 Å². The fourth-order valence-electron chi connectivity index (χ4n) is 4.18. The Morgan fingerprint density at radius 2 is 1.78 bits per heavy atom. The van der Waals surface area contributed by atoms with Gasteiger partial charge in [0.05, 0.1) is 4.90 Å². The first-order chi connectivity index (χ1) is 12.9. The molecular weight excluding hydrogens is 362 g/mol. The van der Waals surface area contributed by atoms with Crippen LogP contribution in [0.1, 0.15) is 31.2 Å². The highest BCUT2D eigenvalue weighted by Gasteiger charge is 2.35. The smallest absolute Gasteiger partial charge is 0.243 e. The van der Waals surface area contributed by atoms with Gasteiger partial charge in [-0.2, -0.15) is 4.31 Å². The molecule has 2 fully saturated rings. The molecule has 0 radical (unpaired) electrons. The number of carbonyl (C=O) groups is 1. The molecule has 1 N–H and O–H groups in total. The molecule has 27 heavy (non-hydrogen) atoms. The molecule has 1 aromatic carbocycles. The number of benzene rings is 1. The van der Waals surface area contributed by atoms with Crippen LogP contribution in [0, 0.1) is 18.8 Å². The van der Waals surface area contributed by atoms with Crippen LogP contribution in [0.5, 0.6) is 0 Å². The van der Waals surface area contributed by atoms with Gasteiger partial charge in [0.1, 0.15) is 0 Å². The van der Waals surface area contributed by atoms with Gasteiger partial charge in [-0.1, -0.05) is 17.7 Å². The van der Waals surface area contributed by atoms with Crippen LogP contribution in [0.25, 0.3) is 0 Å². The zero-order valence-electron chi connectivity index (χ0n) is 16.4. The van der Waals surface area contributed by atoms with E-state index in [9.17, 15) is 13.2 Å². The number of aryl methyl sites for hydroxylation is 1. The van der Waals surface area contributed by atoms with Crippen LogP contribution in [0.15, 0.2) is 29.2 Å². The molecule has 0 spiro atoms. The standard InChI is InChI=1S/C20H31N3O3S/c1-16-5-7-19(8-6-16)27(25,26)23-12-9-18(10-13-23)20(24)22-11-3-4-17(15-22)14-21-2/h5-8,17-18,21H,3-4,9-15H2,1-2H3. The Hall–Kier alpha value is -1.44. The summed E-state index contributed by atoms with van der Waals surface area (Å²) in [5.41, 5.74) is 1.04. The molecule has 0 saturated carbocycles. The number of likely N-dealkylation sites (tertiary alicyclic amines) is 1. The fraction of sp³-hybridized carbons (Fsp3) is 0.650. The molecule has 2 heterocycles. The normalized spacial score (nSPS) is 22.7. The second-order valence-electron chi connectivity index (χ2n) is 7.84. The van der Waals surface area contributed by atoms with Gasteiger partial charge in [-0.25, -0.2) is 8.42 Å². The molecule has 150 valence electrons. The summed E-state index contributed by atoms with van der Waals surface area (Å²) in [6, 6.07) is 6.97. The van der Waals surface area contributed by atoms with Crippen LogP contribution in [-0.2, 0) is 14.8 Å². The minimum absolute atomic E-state index is 0.0530. The molecule has 1 amide bonds. The third kappa shape index (κ3) is 4.70. The molecule has 1 aromatic rings. The van der Waals surface area contributed by atoms with E-state index in [2.05, 4.69) is 5.32 Å². The van der Waals surface area contributed by atoms with Crippen molar-refractivity contribution in [1.29, 1.82) is 0 Å². The van der Waals surface area contributed by atoms with Crippen LogP contribution >= 0.6 is 0 Å². The van der Waals surface area contributed by atoms with Gasteiger partial charge in [0.15, 0.2) is 0 Å². The first-order valence-electron chi connectivity index (χ1n) is 9.92. The molecule has 2 aliphatic heterocycles. The minimum Gasteiger partial charge on any atom is -0.342 e. The van der Waals surface area contributed by atoms with Crippen molar-refractivity contribution in [2.24, 2.45) is 11.8 Å². The van der Waals surface area contributed by atoms with Crippen molar-refractivity contribution in [2.45, 2.75) is 37.5 Å². The van der Waals surface area contributed by atoms with E-state index in [1.807, 2.05) is 31.0 Å². The number of hydrogen-bond acceptors (Lipinski definition) is 4. The highest BCUT2D eigenvalue weighted by molar-refractivity contribution is 7.89. The highest BCUT2D eigenvalue weighted by atomic mass is 32.2. The summed E-state index contributed by atoms with van der Waals surface area (Å²) in [5, 5.41) is 3.21. The fourth-order valence-corrected chi connectivity index (χ4v) is 5.65. The number of nitrogens with zero attached hydrogens (tertiary/aromatic N) is 2. The third-order valence-electron chi connectivity index (χ3n) is 5.79. The summed E-state index contributed by atoms with van der Waals surface area (Å²) in [5.74, 6) is 0.681. The summed E-state index contributed by atoms with van der Waals surface area (Å²) < 4.78 is 27.2. The zero-order chi connectivity index (χ0) is 19.4. The molecule has 6 nitrogen and oxygen atoms in total. The Morgan fingerprint density at radius 1 is 1.11 bits per heavy atom. The van der Waals surface area contributed by atoms with Crippen LogP contribution in [-0.4, -0.2) is 63.3 Å². The Morgan fingerprint density at radius 3 is 2.41 bits per heavy atom. The van der Waals surface area contributed by atoms with Crippen molar-refractivity contribution in [3.05, 3.63) is 29.8 Å². The summed E-state index contributed by atoms with van der Waals surface area (Å²) >= 11 is 0. The molecular formula is C20H31N3O3S. The second-order valence-corrected chi connectivity index (χ2v) is 9.78. The maximum atomic E-state index is 12.9. The van der Waals surface area contributed by atoms with E-state index in [-0.39, 0.29) is 11.8 Å². The molecule has 1 unspecified atom stereocenters. The predicted octanol–water partition coefficient (Wildman–Crippen LogP) is 1.85. The lowest BCUT2D eigenvalue weighted by atomic mass is 9.93. The number of hydrogen-bond donors (Lipinski definition) is 1. The number of piperidine rings is 2. The van der Waals surface area contributed by atoms with Gasteiger partial charge < -0.3 is 10.2 Å². The van der Waals surface area contributed by atoms with E-state index in [0.717, 1.165) is 38.0 Å². The Labute approximate surface area is 163 Å². The Balaban J connectivity index is 1.58. The number of nitrogens with one attached hydrogen (secondary N) is 1. The van der Waals surface area contributed by atoms with E-state index in [0.29, 0.717) is 36.7 Å². The quantitative estimate of drug-likeness (QED) is 0.829. The maximum Gasteiger partial charge on any atom is 0.243 e. The summed E-state index contributed by atoms with van der Waals surface area (Å²) in [4.78, 5) is 15.2. The lowest BCUT2D eigenvalue weighted by Crippen LogP contribution is -2.48. The van der Waals surface area contributed by atoms with E-state index >= 15 is 0 Å². The minimum atomic E-state index is -3.47. The van der Waals surface area contributed by atoms with Gasteiger partial charge in [0.25, 0.3) is 0 Å². The monoisotopic (exact) mass is 393 g/mol. The second kappa shape index (κ2) is 8.71. The number of amides is 1. The van der Waals surface area contributed by atoms with Crippen LogP contribution in [0.2, 0.25) is 0 Å². The average Bonchev–Trinajstić information content (AvgIpc) is 2.68. The highest BCUT2D eigenvalue weighted by Crippen LogP contribution is 2.27. The van der Waals surface area contributed by atoms with Crippen LogP contribution < -0.4 is 5.32 Å². The summed E-state index contributed by atoms with van der Waals surface area (Å²) in [6.07, 6.45) is 3.44. The van der Waals surface area contributed by atoms with Gasteiger partial charge >= 0.3 is 0 Å². The number of rotatable bonds is 5. The molecule has 2 aliphatic rings. The van der Waals surface area contributed by atoms with Gasteiger partial charge in [0, 0.05) is 32.1 Å². The molecule has 0 aromatic heterocycles. The van der Waals surface area contributed by atoms with Crippen LogP contribution in [0.3, 0.4) is 0 Å². The van der Waals surface area contributed by atoms with E-state index in [1.54, 1.807) is 12.1 Å². The molecule has 2 saturated heterocycles. The van der Waals surface area contributed by atoms with Crippen LogP contribution in [0.4, 0.5) is 0 Å². The third-order valence-corrected chi connectivity index (χ3v) is 7.70. The number of carbonyl (C=O) groups excluding carboxylic acids is 1. The van der Waals surface area contributed by atoms with Crippen molar-refractivity contribution < 1.29 is 13.2 Å². The SMILES string of the molecule is CNCC1CCCN(C(=O)C2CCN(S(=O)(=O)c3ccc(C)cc3)CC2)C1. The first-order valence-corrected chi connectivity index (χ1v) is 11.4. The topological polar surface area (TPSA) is 69.7 Å². The predicted molar refractivity (Wildman–Crippen MR) is 106 cm³/mol. The van der Waals surface area contributed by atoms with Crippen molar-refractivity contribution in [3.63, 3.8) is 0 Å². The zero-order valence-corrected chi connectivity index (χ0v) is 17.2.